The summed E-state index contributed by atoms with van der Waals surface area (Å²) in [6.07, 6.45) is 2.83. The predicted octanol–water partition coefficient (Wildman–Crippen LogP) is 0.0885. The van der Waals surface area contributed by atoms with Crippen molar-refractivity contribution in [1.29, 1.82) is 0 Å². The topological polar surface area (TPSA) is 24.4 Å². The predicted molar refractivity (Wildman–Crippen MR) is 24.6 cm³/mol. The average molecular weight is 83.1 g/mol. The minimum atomic E-state index is 0.519. The molecule has 0 fully saturated rings. The molecule has 0 saturated heterocycles. The first-order valence-corrected chi connectivity index (χ1v) is 2.08. The van der Waals surface area contributed by atoms with Gasteiger partial charge in [-0.05, 0) is 0 Å². The minimum absolute atomic E-state index is 0.519. The lowest BCUT2D eigenvalue weighted by molar-refractivity contribution is 0.710. The van der Waals surface area contributed by atoms with Crippen molar-refractivity contribution in [3.63, 3.8) is 0 Å². The van der Waals surface area contributed by atoms with E-state index in [1.165, 1.54) is 0 Å². The molecule has 0 amide bonds. The lowest BCUT2D eigenvalue weighted by atomic mass is 10.2. The van der Waals surface area contributed by atoms with Crippen molar-refractivity contribution < 1.29 is 0 Å². The molecule has 33 valence electrons. The zero-order valence-electron chi connectivity index (χ0n) is 3.73. The molecule has 1 heterocycles. The molecular weight excluding hydrogens is 76.1 g/mol. The Balaban J connectivity index is 2.38. The minimum Gasteiger partial charge on any atom is -0.309 e. The van der Waals surface area contributed by atoms with Gasteiger partial charge in [0.1, 0.15) is 0 Å². The van der Waals surface area contributed by atoms with Crippen LogP contribution in [-0.2, 0) is 0 Å². The molecule has 1 radical (unpaired) electrons. The molecule has 0 aromatic carbocycles. The Morgan fingerprint density at radius 1 is 2.00 bits per heavy atom. The van der Waals surface area contributed by atoms with E-state index in [9.17, 15) is 0 Å². The highest BCUT2D eigenvalue weighted by Gasteiger charge is 2.00. The third-order valence-electron chi connectivity index (χ3n) is 0.761. The van der Waals surface area contributed by atoms with Crippen LogP contribution in [0, 0.1) is 5.92 Å². The number of nitrogens with zero attached hydrogens (tertiary/aromatic N) is 1. The van der Waals surface area contributed by atoms with E-state index in [4.69, 9.17) is 0 Å². The number of hydrazone groups is 1. The van der Waals surface area contributed by atoms with E-state index in [0.717, 1.165) is 6.54 Å². The molecule has 0 saturated carbocycles. The molecular formula is C4H7N2. The molecule has 1 aliphatic rings. The first-order chi connectivity index (χ1) is 2.89. The first-order valence-electron chi connectivity index (χ1n) is 2.08. The fraction of sp³-hybridized carbons (Fsp3) is 0.750. The summed E-state index contributed by atoms with van der Waals surface area (Å²) in [7, 11) is 0. The van der Waals surface area contributed by atoms with Crippen LogP contribution >= 0.6 is 0 Å². The lowest BCUT2D eigenvalue weighted by Crippen LogP contribution is -2.05. The van der Waals surface area contributed by atoms with Gasteiger partial charge in [-0.3, -0.25) is 0 Å². The van der Waals surface area contributed by atoms with Gasteiger partial charge in [0, 0.05) is 12.5 Å². The van der Waals surface area contributed by atoms with Crippen LogP contribution in [0.25, 0.3) is 0 Å². The van der Waals surface area contributed by atoms with Crippen LogP contribution in [0.15, 0.2) is 5.10 Å². The maximum atomic E-state index is 3.66. The van der Waals surface area contributed by atoms with Gasteiger partial charge in [-0.1, -0.05) is 6.92 Å². The second-order valence-corrected chi connectivity index (χ2v) is 1.50. The third kappa shape index (κ3) is 0.506. The van der Waals surface area contributed by atoms with Gasteiger partial charge >= 0.3 is 0 Å². The largest absolute Gasteiger partial charge is 0.309 e. The van der Waals surface area contributed by atoms with Gasteiger partial charge in [0.2, 0.25) is 0 Å². The Bertz CT molecular complexity index is 67.9. The van der Waals surface area contributed by atoms with E-state index in [2.05, 4.69) is 23.7 Å². The van der Waals surface area contributed by atoms with Crippen molar-refractivity contribution in [2.75, 3.05) is 6.54 Å². The van der Waals surface area contributed by atoms with Crippen molar-refractivity contribution in [2.24, 2.45) is 11.0 Å². The Morgan fingerprint density at radius 3 is 3.00 bits per heavy atom. The zero-order chi connectivity index (χ0) is 4.41. The molecule has 2 nitrogen and oxygen atoms in total. The Labute approximate surface area is 37.2 Å². The molecule has 2 heteroatoms. The molecule has 1 atom stereocenters. The summed E-state index contributed by atoms with van der Waals surface area (Å²) >= 11 is 0. The van der Waals surface area contributed by atoms with Crippen LogP contribution in [0.1, 0.15) is 6.92 Å². The van der Waals surface area contributed by atoms with E-state index < -0.39 is 0 Å². The lowest BCUT2D eigenvalue weighted by Gasteiger charge is -1.87. The maximum Gasteiger partial charge on any atom is 0.0884 e. The third-order valence-corrected chi connectivity index (χ3v) is 0.761. The van der Waals surface area contributed by atoms with Crippen molar-refractivity contribution in [3.8, 4) is 0 Å². The Morgan fingerprint density at radius 2 is 2.83 bits per heavy atom. The summed E-state index contributed by atoms with van der Waals surface area (Å²) in [6.45, 7) is 3.03. The highest BCUT2D eigenvalue weighted by Crippen LogP contribution is 1.90. The van der Waals surface area contributed by atoms with E-state index in [1.807, 2.05) is 0 Å². The average Bonchev–Trinajstić information content (AvgIpc) is 1.86. The van der Waals surface area contributed by atoms with Crippen molar-refractivity contribution in [2.45, 2.75) is 6.92 Å². The fourth-order valence-corrected chi connectivity index (χ4v) is 0.384. The van der Waals surface area contributed by atoms with Crippen LogP contribution < -0.4 is 5.43 Å². The van der Waals surface area contributed by atoms with Gasteiger partial charge in [0.25, 0.3) is 0 Å². The van der Waals surface area contributed by atoms with Crippen LogP contribution in [0.4, 0.5) is 0 Å². The smallest absolute Gasteiger partial charge is 0.0884 e. The SMILES string of the molecule is CC1[C]=NNC1. The van der Waals surface area contributed by atoms with E-state index in [-0.39, 0.29) is 0 Å². The monoisotopic (exact) mass is 83.1 g/mol. The van der Waals surface area contributed by atoms with Crippen LogP contribution in [-0.4, -0.2) is 12.8 Å². The van der Waals surface area contributed by atoms with Crippen molar-refractivity contribution in [3.05, 3.63) is 0 Å². The van der Waals surface area contributed by atoms with Gasteiger partial charge in [-0.15, -0.1) is 0 Å². The number of nitrogens with one attached hydrogen (secondary N) is 1. The summed E-state index contributed by atoms with van der Waals surface area (Å²) in [5.74, 6) is 0.519. The molecule has 6 heavy (non-hydrogen) atoms. The second kappa shape index (κ2) is 1.29. The Kier molecular flexibility index (Phi) is 0.783. The van der Waals surface area contributed by atoms with Crippen LogP contribution in [0.5, 0.6) is 0 Å². The standard InChI is InChI=1S/C4H7N2/c1-4-2-5-6-3-4/h4-5H,2H2,1H3. The van der Waals surface area contributed by atoms with Crippen LogP contribution in [0.3, 0.4) is 0 Å². The highest BCUT2D eigenvalue weighted by atomic mass is 15.3. The molecule has 0 aliphatic carbocycles. The molecule has 0 spiro atoms. The molecule has 0 bridgehead atoms. The van der Waals surface area contributed by atoms with Gasteiger partial charge in [0.05, 0.1) is 6.21 Å². The molecule has 1 N–H and O–H groups in total. The maximum absolute atomic E-state index is 3.66. The normalized spacial score (nSPS) is 30.5. The summed E-state index contributed by atoms with van der Waals surface area (Å²) in [5, 5.41) is 3.66. The molecule has 0 aromatic rings. The van der Waals surface area contributed by atoms with Crippen LogP contribution in [0.2, 0.25) is 0 Å². The number of hydrogen-bond acceptors (Lipinski definition) is 2. The molecule has 1 aliphatic heterocycles. The summed E-state index contributed by atoms with van der Waals surface area (Å²) in [5.41, 5.74) is 2.79. The van der Waals surface area contributed by atoms with E-state index >= 15 is 0 Å². The molecule has 0 aromatic heterocycles. The summed E-state index contributed by atoms with van der Waals surface area (Å²) < 4.78 is 0. The summed E-state index contributed by atoms with van der Waals surface area (Å²) in [4.78, 5) is 0. The molecule has 1 unspecified atom stereocenters. The second-order valence-electron chi connectivity index (χ2n) is 1.50. The van der Waals surface area contributed by atoms with E-state index in [0.29, 0.717) is 5.92 Å². The highest BCUT2D eigenvalue weighted by molar-refractivity contribution is 5.61. The zero-order valence-corrected chi connectivity index (χ0v) is 3.73. The fourth-order valence-electron chi connectivity index (χ4n) is 0.384. The van der Waals surface area contributed by atoms with Crippen molar-refractivity contribution >= 4 is 6.21 Å². The van der Waals surface area contributed by atoms with E-state index in [1.54, 1.807) is 0 Å². The summed E-state index contributed by atoms with van der Waals surface area (Å²) in [6, 6.07) is 0. The van der Waals surface area contributed by atoms with Gasteiger partial charge in [-0.2, -0.15) is 5.10 Å². The molecule has 1 rings (SSSR count). The van der Waals surface area contributed by atoms with Crippen molar-refractivity contribution in [1.82, 2.24) is 5.43 Å². The number of hydrogen-bond donors (Lipinski definition) is 1. The number of rotatable bonds is 0. The van der Waals surface area contributed by atoms with Gasteiger partial charge < -0.3 is 5.43 Å². The quantitative estimate of drug-likeness (QED) is 0.441. The van der Waals surface area contributed by atoms with Gasteiger partial charge in [0.15, 0.2) is 0 Å². The first kappa shape index (κ1) is 3.65. The van der Waals surface area contributed by atoms with Gasteiger partial charge in [-0.25, -0.2) is 0 Å². The Hall–Kier alpha value is -0.530.